The molecule has 0 aliphatic rings. The Morgan fingerprint density at radius 2 is 1.21 bits per heavy atom. The summed E-state index contributed by atoms with van der Waals surface area (Å²) in [6, 6.07) is 11.4. The van der Waals surface area contributed by atoms with Gasteiger partial charge in [-0.05, 0) is 36.4 Å². The summed E-state index contributed by atoms with van der Waals surface area (Å²) in [7, 11) is 3.20. The van der Waals surface area contributed by atoms with Gasteiger partial charge in [-0.3, -0.25) is 0 Å². The molecule has 0 bridgehead atoms. The fraction of sp³-hybridized carbons (Fsp3) is 0.143. The van der Waals surface area contributed by atoms with E-state index in [0.717, 1.165) is 9.79 Å². The molecule has 2 aromatic rings. The van der Waals surface area contributed by atoms with Crippen LogP contribution in [0.4, 0.5) is 11.4 Å². The van der Waals surface area contributed by atoms with Crippen molar-refractivity contribution in [1.29, 1.82) is 0 Å². The molecule has 0 heterocycles. The van der Waals surface area contributed by atoms with Crippen molar-refractivity contribution < 1.29 is 9.47 Å². The van der Waals surface area contributed by atoms with Crippen molar-refractivity contribution in [2.75, 3.05) is 25.7 Å². The Kier molecular flexibility index (Phi) is 4.06. The van der Waals surface area contributed by atoms with Gasteiger partial charge in [-0.15, -0.1) is 0 Å². The van der Waals surface area contributed by atoms with E-state index < -0.39 is 0 Å². The maximum atomic E-state index is 5.88. The van der Waals surface area contributed by atoms with Gasteiger partial charge in [-0.25, -0.2) is 0 Å². The van der Waals surface area contributed by atoms with Crippen LogP contribution in [0.3, 0.4) is 0 Å². The zero-order chi connectivity index (χ0) is 13.8. The second kappa shape index (κ2) is 5.75. The van der Waals surface area contributed by atoms with E-state index >= 15 is 0 Å². The van der Waals surface area contributed by atoms with E-state index in [0.29, 0.717) is 22.9 Å². The number of hydrogen-bond donors (Lipinski definition) is 2. The number of hydrogen-bond acceptors (Lipinski definition) is 5. The van der Waals surface area contributed by atoms with Crippen molar-refractivity contribution in [3.8, 4) is 11.5 Å². The van der Waals surface area contributed by atoms with Gasteiger partial charge in [-0.1, -0.05) is 11.8 Å². The number of nitrogen functional groups attached to an aromatic ring is 2. The highest BCUT2D eigenvalue weighted by Gasteiger charge is 2.05. The molecule has 19 heavy (non-hydrogen) atoms. The van der Waals surface area contributed by atoms with Gasteiger partial charge in [0, 0.05) is 9.79 Å². The van der Waals surface area contributed by atoms with Gasteiger partial charge in [-0.2, -0.15) is 0 Å². The van der Waals surface area contributed by atoms with E-state index in [4.69, 9.17) is 20.9 Å². The Bertz CT molecular complexity index is 536. The van der Waals surface area contributed by atoms with Crippen molar-refractivity contribution in [2.24, 2.45) is 0 Å². The first-order chi connectivity index (χ1) is 9.13. The maximum absolute atomic E-state index is 5.88. The summed E-state index contributed by atoms with van der Waals surface area (Å²) in [6.07, 6.45) is 0. The minimum atomic E-state index is 0.619. The molecule has 4 N–H and O–H groups in total. The minimum Gasteiger partial charge on any atom is -0.495 e. The summed E-state index contributed by atoms with van der Waals surface area (Å²) >= 11 is 1.58. The summed E-state index contributed by atoms with van der Waals surface area (Å²) in [5.74, 6) is 1.36. The molecule has 0 atom stereocenters. The molecule has 0 aromatic heterocycles. The second-order valence-electron chi connectivity index (χ2n) is 3.91. The summed E-state index contributed by atoms with van der Waals surface area (Å²) < 4.78 is 10.3. The smallest absolute Gasteiger partial charge is 0.141 e. The predicted octanol–water partition coefficient (Wildman–Crippen LogP) is 3.02. The fourth-order valence-electron chi connectivity index (χ4n) is 1.69. The average Bonchev–Trinajstić information content (AvgIpc) is 2.39. The highest BCUT2D eigenvalue weighted by Crippen LogP contribution is 2.35. The van der Waals surface area contributed by atoms with Gasteiger partial charge in [0.25, 0.3) is 0 Å². The van der Waals surface area contributed by atoms with E-state index in [9.17, 15) is 0 Å². The fourth-order valence-corrected chi connectivity index (χ4v) is 2.60. The molecule has 2 aromatic carbocycles. The van der Waals surface area contributed by atoms with E-state index in [1.807, 2.05) is 36.4 Å². The molecule has 0 aliphatic heterocycles. The highest BCUT2D eigenvalue weighted by molar-refractivity contribution is 7.99. The van der Waals surface area contributed by atoms with E-state index in [1.165, 1.54) is 0 Å². The molecule has 4 nitrogen and oxygen atoms in total. The van der Waals surface area contributed by atoms with Crippen LogP contribution in [0.25, 0.3) is 0 Å². The monoisotopic (exact) mass is 276 g/mol. The summed E-state index contributed by atoms with van der Waals surface area (Å²) in [5, 5.41) is 0. The number of benzene rings is 2. The Morgan fingerprint density at radius 3 is 1.53 bits per heavy atom. The Hall–Kier alpha value is -2.01. The number of methoxy groups -OCH3 is 2. The third-order valence-electron chi connectivity index (χ3n) is 2.64. The van der Waals surface area contributed by atoms with Crippen LogP contribution in [-0.2, 0) is 0 Å². The minimum absolute atomic E-state index is 0.619. The quantitative estimate of drug-likeness (QED) is 0.840. The van der Waals surface area contributed by atoms with Crippen LogP contribution >= 0.6 is 11.8 Å². The van der Waals surface area contributed by atoms with Crippen LogP contribution in [0.1, 0.15) is 0 Å². The number of rotatable bonds is 4. The lowest BCUT2D eigenvalue weighted by molar-refractivity contribution is 0.416. The zero-order valence-corrected chi connectivity index (χ0v) is 11.7. The molecular weight excluding hydrogens is 260 g/mol. The van der Waals surface area contributed by atoms with Crippen LogP contribution in [0.5, 0.6) is 11.5 Å². The SMILES string of the molecule is COc1ccc(Sc2ccc(OC)c(N)c2)cc1N. The Balaban J connectivity index is 2.21. The normalized spacial score (nSPS) is 10.2. The second-order valence-corrected chi connectivity index (χ2v) is 5.06. The molecule has 0 radical (unpaired) electrons. The maximum Gasteiger partial charge on any atom is 0.141 e. The molecule has 0 spiro atoms. The van der Waals surface area contributed by atoms with E-state index in [-0.39, 0.29) is 0 Å². The van der Waals surface area contributed by atoms with Gasteiger partial charge in [0.05, 0.1) is 25.6 Å². The van der Waals surface area contributed by atoms with Crippen LogP contribution in [-0.4, -0.2) is 14.2 Å². The van der Waals surface area contributed by atoms with E-state index in [2.05, 4.69) is 0 Å². The van der Waals surface area contributed by atoms with Crippen LogP contribution in [0, 0.1) is 0 Å². The summed E-state index contributed by atoms with van der Waals surface area (Å²) in [5.41, 5.74) is 13.0. The van der Waals surface area contributed by atoms with Crippen molar-refractivity contribution in [3.05, 3.63) is 36.4 Å². The molecule has 0 amide bonds. The Morgan fingerprint density at radius 1 is 0.789 bits per heavy atom. The van der Waals surface area contributed by atoms with Gasteiger partial charge in [0.15, 0.2) is 0 Å². The molecular formula is C14H16N2O2S. The molecule has 0 fully saturated rings. The van der Waals surface area contributed by atoms with Gasteiger partial charge in [0.2, 0.25) is 0 Å². The standard InChI is InChI=1S/C14H16N2O2S/c1-17-13-5-3-9(7-11(13)15)19-10-4-6-14(18-2)12(16)8-10/h3-8H,15-16H2,1-2H3. The lowest BCUT2D eigenvalue weighted by atomic mass is 10.3. The molecule has 0 unspecified atom stereocenters. The third-order valence-corrected chi connectivity index (χ3v) is 3.62. The molecule has 0 saturated carbocycles. The lowest BCUT2D eigenvalue weighted by Gasteiger charge is -2.09. The Labute approximate surface area is 116 Å². The number of anilines is 2. The van der Waals surface area contributed by atoms with Crippen LogP contribution in [0.2, 0.25) is 0 Å². The molecule has 2 rings (SSSR count). The van der Waals surface area contributed by atoms with Gasteiger partial charge < -0.3 is 20.9 Å². The van der Waals surface area contributed by atoms with Gasteiger partial charge in [0.1, 0.15) is 11.5 Å². The summed E-state index contributed by atoms with van der Waals surface area (Å²) in [6.45, 7) is 0. The first kappa shape index (κ1) is 13.4. The number of ether oxygens (including phenoxy) is 2. The van der Waals surface area contributed by atoms with Gasteiger partial charge >= 0.3 is 0 Å². The van der Waals surface area contributed by atoms with E-state index in [1.54, 1.807) is 26.0 Å². The van der Waals surface area contributed by atoms with Crippen molar-refractivity contribution >= 4 is 23.1 Å². The number of nitrogens with two attached hydrogens (primary N) is 2. The zero-order valence-electron chi connectivity index (χ0n) is 10.8. The third kappa shape index (κ3) is 3.06. The molecule has 0 aliphatic carbocycles. The molecule has 5 heteroatoms. The molecule has 100 valence electrons. The first-order valence-electron chi connectivity index (χ1n) is 5.69. The van der Waals surface area contributed by atoms with Crippen molar-refractivity contribution in [1.82, 2.24) is 0 Å². The molecule has 0 saturated heterocycles. The predicted molar refractivity (Wildman–Crippen MR) is 78.9 cm³/mol. The highest BCUT2D eigenvalue weighted by atomic mass is 32.2. The first-order valence-corrected chi connectivity index (χ1v) is 6.50. The largest absolute Gasteiger partial charge is 0.495 e. The van der Waals surface area contributed by atoms with Crippen LogP contribution < -0.4 is 20.9 Å². The lowest BCUT2D eigenvalue weighted by Crippen LogP contribution is -1.93. The van der Waals surface area contributed by atoms with Crippen molar-refractivity contribution in [2.45, 2.75) is 9.79 Å². The van der Waals surface area contributed by atoms with Crippen LogP contribution in [0.15, 0.2) is 46.2 Å². The average molecular weight is 276 g/mol. The topological polar surface area (TPSA) is 70.5 Å². The van der Waals surface area contributed by atoms with Crippen molar-refractivity contribution in [3.63, 3.8) is 0 Å². The summed E-state index contributed by atoms with van der Waals surface area (Å²) in [4.78, 5) is 2.06.